The lowest BCUT2D eigenvalue weighted by Gasteiger charge is -2.19. The molecule has 11 heteroatoms. The minimum absolute atomic E-state index is 0.147. The lowest BCUT2D eigenvalue weighted by Crippen LogP contribution is -2.30. The molecule has 3 aromatic rings. The highest BCUT2D eigenvalue weighted by molar-refractivity contribution is 7.98. The number of hydrogen-bond acceptors (Lipinski definition) is 7. The highest BCUT2D eigenvalue weighted by atomic mass is 32.2. The zero-order valence-corrected chi connectivity index (χ0v) is 20.4. The highest BCUT2D eigenvalue weighted by Gasteiger charge is 2.24. The Hall–Kier alpha value is -2.89. The van der Waals surface area contributed by atoms with Gasteiger partial charge in [-0.25, -0.2) is 8.42 Å². The molecular weight excluding hydrogens is 460 g/mol. The van der Waals surface area contributed by atoms with Crippen LogP contribution in [0.2, 0.25) is 0 Å². The quantitative estimate of drug-likeness (QED) is 0.419. The van der Waals surface area contributed by atoms with Crippen LogP contribution in [0.15, 0.2) is 64.6 Å². The van der Waals surface area contributed by atoms with Gasteiger partial charge in [0.05, 0.1) is 4.90 Å². The van der Waals surface area contributed by atoms with Gasteiger partial charge in [0, 0.05) is 24.5 Å². The Morgan fingerprint density at radius 3 is 2.33 bits per heavy atom. The predicted octanol–water partition coefficient (Wildman–Crippen LogP) is 3.38. The lowest BCUT2D eigenvalue weighted by molar-refractivity contribution is -0.118. The van der Waals surface area contributed by atoms with Crippen molar-refractivity contribution >= 4 is 39.3 Å². The zero-order valence-electron chi connectivity index (χ0n) is 18.8. The number of anilines is 2. The molecule has 9 nitrogen and oxygen atoms in total. The van der Waals surface area contributed by atoms with E-state index in [2.05, 4.69) is 15.5 Å². The summed E-state index contributed by atoms with van der Waals surface area (Å²) in [6, 6.07) is 15.3. The van der Waals surface area contributed by atoms with Crippen LogP contribution in [0.1, 0.15) is 32.4 Å². The summed E-state index contributed by atoms with van der Waals surface area (Å²) in [4.78, 5) is 13.1. The van der Waals surface area contributed by atoms with Gasteiger partial charge < -0.3 is 11.1 Å². The average molecular weight is 489 g/mol. The average Bonchev–Trinajstić information content (AvgIpc) is 3.19. The van der Waals surface area contributed by atoms with Crippen LogP contribution in [-0.4, -0.2) is 46.5 Å². The van der Waals surface area contributed by atoms with E-state index >= 15 is 0 Å². The SMILES string of the molecule is CCN(CC)S(=O)(=O)c1ccc(NC(=O)C(C)n2c(N)nnc2SCc2ccccc2)cc1. The summed E-state index contributed by atoms with van der Waals surface area (Å²) in [5.74, 6) is 0.492. The molecule has 0 radical (unpaired) electrons. The van der Waals surface area contributed by atoms with Crippen molar-refractivity contribution in [1.82, 2.24) is 19.1 Å². The summed E-state index contributed by atoms with van der Waals surface area (Å²) in [6.45, 7) is 6.07. The van der Waals surface area contributed by atoms with E-state index in [1.165, 1.54) is 28.2 Å². The number of aromatic nitrogens is 3. The minimum atomic E-state index is -3.56. The molecule has 176 valence electrons. The van der Waals surface area contributed by atoms with E-state index in [0.717, 1.165) is 5.56 Å². The van der Waals surface area contributed by atoms with Crippen LogP contribution in [-0.2, 0) is 20.6 Å². The zero-order chi connectivity index (χ0) is 24.0. The van der Waals surface area contributed by atoms with Crippen molar-refractivity contribution in [2.24, 2.45) is 0 Å². The molecular formula is C22H28N6O3S2. The van der Waals surface area contributed by atoms with Crippen molar-refractivity contribution in [2.75, 3.05) is 24.1 Å². The fraction of sp³-hybridized carbons (Fsp3) is 0.318. The number of nitrogens with two attached hydrogens (primary N) is 1. The summed E-state index contributed by atoms with van der Waals surface area (Å²) < 4.78 is 28.2. The summed E-state index contributed by atoms with van der Waals surface area (Å²) in [7, 11) is -3.56. The number of rotatable bonds is 10. The number of nitrogens with zero attached hydrogens (tertiary/aromatic N) is 4. The molecule has 0 saturated heterocycles. The van der Waals surface area contributed by atoms with Crippen molar-refractivity contribution in [3.05, 3.63) is 60.2 Å². The normalized spacial score (nSPS) is 12.6. The van der Waals surface area contributed by atoms with E-state index in [1.807, 2.05) is 30.3 Å². The number of nitrogens with one attached hydrogen (secondary N) is 1. The minimum Gasteiger partial charge on any atom is -0.368 e. The number of thioether (sulfide) groups is 1. The first-order valence-electron chi connectivity index (χ1n) is 10.6. The Balaban J connectivity index is 1.70. The first-order valence-corrected chi connectivity index (χ1v) is 13.0. The monoisotopic (exact) mass is 488 g/mol. The second kappa shape index (κ2) is 10.8. The van der Waals surface area contributed by atoms with Crippen LogP contribution >= 0.6 is 11.8 Å². The summed E-state index contributed by atoms with van der Waals surface area (Å²) in [6.07, 6.45) is 0. The third-order valence-corrected chi connectivity index (χ3v) is 8.21. The second-order valence-corrected chi connectivity index (χ2v) is 10.1. The maximum absolute atomic E-state index is 12.9. The maximum Gasteiger partial charge on any atom is 0.247 e. The van der Waals surface area contributed by atoms with E-state index in [-0.39, 0.29) is 16.8 Å². The second-order valence-electron chi connectivity index (χ2n) is 7.26. The van der Waals surface area contributed by atoms with Gasteiger partial charge in [0.15, 0.2) is 5.16 Å². The number of nitrogen functional groups attached to an aromatic ring is 1. The molecule has 0 aliphatic rings. The molecule has 0 spiro atoms. The van der Waals surface area contributed by atoms with Gasteiger partial charge in [0.1, 0.15) is 6.04 Å². The van der Waals surface area contributed by atoms with Gasteiger partial charge in [0.2, 0.25) is 21.9 Å². The smallest absolute Gasteiger partial charge is 0.247 e. The predicted molar refractivity (Wildman–Crippen MR) is 130 cm³/mol. The number of carbonyl (C=O) groups is 1. The first kappa shape index (κ1) is 24.7. The molecule has 0 aliphatic carbocycles. The van der Waals surface area contributed by atoms with Crippen LogP contribution in [0.5, 0.6) is 0 Å². The molecule has 1 atom stereocenters. The van der Waals surface area contributed by atoms with Gasteiger partial charge in [-0.15, -0.1) is 10.2 Å². The maximum atomic E-state index is 12.9. The first-order chi connectivity index (χ1) is 15.8. The summed E-state index contributed by atoms with van der Waals surface area (Å²) in [5, 5.41) is 11.4. The van der Waals surface area contributed by atoms with Gasteiger partial charge >= 0.3 is 0 Å². The van der Waals surface area contributed by atoms with Crippen molar-refractivity contribution in [3.8, 4) is 0 Å². The molecule has 1 aromatic heterocycles. The van der Waals surface area contributed by atoms with E-state index in [4.69, 9.17) is 5.73 Å². The Bertz CT molecular complexity index is 1180. The van der Waals surface area contributed by atoms with E-state index in [9.17, 15) is 13.2 Å². The largest absolute Gasteiger partial charge is 0.368 e. The molecule has 1 unspecified atom stereocenters. The van der Waals surface area contributed by atoms with Crippen LogP contribution < -0.4 is 11.1 Å². The van der Waals surface area contributed by atoms with Crippen LogP contribution in [0, 0.1) is 0 Å². The fourth-order valence-corrected chi connectivity index (χ4v) is 5.70. The van der Waals surface area contributed by atoms with E-state index < -0.39 is 16.1 Å². The Morgan fingerprint density at radius 1 is 1.09 bits per heavy atom. The van der Waals surface area contributed by atoms with Gasteiger partial charge in [-0.3, -0.25) is 9.36 Å². The molecule has 3 N–H and O–H groups in total. The number of carbonyl (C=O) groups excluding carboxylic acids is 1. The molecule has 0 bridgehead atoms. The molecule has 1 heterocycles. The summed E-state index contributed by atoms with van der Waals surface area (Å²) >= 11 is 1.44. The van der Waals surface area contributed by atoms with Crippen LogP contribution in [0.25, 0.3) is 0 Å². The molecule has 0 saturated carbocycles. The standard InChI is InChI=1S/C22H28N6O3S2/c1-4-27(5-2)33(30,31)19-13-11-18(12-14-19)24-20(29)16(3)28-21(23)25-26-22(28)32-15-17-9-7-6-8-10-17/h6-14,16H,4-5,15H2,1-3H3,(H2,23,25)(H,24,29). The molecule has 1 amide bonds. The third kappa shape index (κ3) is 5.73. The van der Waals surface area contributed by atoms with Crippen LogP contribution in [0.3, 0.4) is 0 Å². The number of amides is 1. The van der Waals surface area contributed by atoms with Gasteiger partial charge in [-0.2, -0.15) is 4.31 Å². The topological polar surface area (TPSA) is 123 Å². The van der Waals surface area contributed by atoms with Crippen molar-refractivity contribution in [2.45, 2.75) is 42.6 Å². The Kier molecular flexibility index (Phi) is 8.11. The molecule has 0 aliphatic heterocycles. The van der Waals surface area contributed by atoms with E-state index in [0.29, 0.717) is 29.7 Å². The van der Waals surface area contributed by atoms with Crippen molar-refractivity contribution < 1.29 is 13.2 Å². The fourth-order valence-electron chi connectivity index (χ4n) is 3.26. The number of benzene rings is 2. The number of sulfonamides is 1. The Morgan fingerprint density at radius 2 is 1.73 bits per heavy atom. The molecule has 33 heavy (non-hydrogen) atoms. The summed E-state index contributed by atoms with van der Waals surface area (Å²) in [5.41, 5.74) is 7.59. The lowest BCUT2D eigenvalue weighted by atomic mass is 10.2. The van der Waals surface area contributed by atoms with Gasteiger partial charge in [-0.1, -0.05) is 55.9 Å². The van der Waals surface area contributed by atoms with Crippen LogP contribution in [0.4, 0.5) is 11.6 Å². The van der Waals surface area contributed by atoms with Gasteiger partial charge in [0.25, 0.3) is 0 Å². The van der Waals surface area contributed by atoms with Gasteiger partial charge in [-0.05, 0) is 36.8 Å². The molecule has 2 aromatic carbocycles. The Labute approximate surface area is 198 Å². The van der Waals surface area contributed by atoms with Crippen molar-refractivity contribution in [1.29, 1.82) is 0 Å². The van der Waals surface area contributed by atoms with E-state index in [1.54, 1.807) is 37.5 Å². The number of hydrogen-bond donors (Lipinski definition) is 2. The highest BCUT2D eigenvalue weighted by Crippen LogP contribution is 2.27. The van der Waals surface area contributed by atoms with Crippen molar-refractivity contribution in [3.63, 3.8) is 0 Å². The molecule has 0 fully saturated rings. The third-order valence-electron chi connectivity index (χ3n) is 5.13. The molecule has 3 rings (SSSR count).